The molecule has 4 nitrogen and oxygen atoms in total. The average Bonchev–Trinajstić information content (AvgIpc) is 3.20. The maximum Gasteiger partial charge on any atom is 0.147 e. The SMILES string of the molecule is Cc1ccc(C)c(OCCCn2c(COc3ccc4ccccc4c3)nc3ccccc32)c1. The van der Waals surface area contributed by atoms with Gasteiger partial charge in [0.05, 0.1) is 17.6 Å². The monoisotopic (exact) mass is 436 g/mol. The molecule has 33 heavy (non-hydrogen) atoms. The Kier molecular flexibility index (Phi) is 5.99. The average molecular weight is 437 g/mol. The first-order valence-corrected chi connectivity index (χ1v) is 11.4. The van der Waals surface area contributed by atoms with Crippen molar-refractivity contribution >= 4 is 21.8 Å². The number of aryl methyl sites for hydroxylation is 3. The predicted molar refractivity (Wildman–Crippen MR) is 134 cm³/mol. The predicted octanol–water partition coefficient (Wildman–Crippen LogP) is 6.85. The summed E-state index contributed by atoms with van der Waals surface area (Å²) in [6.07, 6.45) is 0.886. The van der Waals surface area contributed by atoms with E-state index < -0.39 is 0 Å². The van der Waals surface area contributed by atoms with Crippen molar-refractivity contribution in [3.63, 3.8) is 0 Å². The van der Waals surface area contributed by atoms with E-state index >= 15 is 0 Å². The van der Waals surface area contributed by atoms with Crippen molar-refractivity contribution in [2.24, 2.45) is 0 Å². The third-order valence-corrected chi connectivity index (χ3v) is 5.95. The number of imidazole rings is 1. The highest BCUT2D eigenvalue weighted by Gasteiger charge is 2.11. The standard InChI is InChI=1S/C29H28N2O2/c1-21-12-13-22(2)28(18-21)32-17-7-16-31-27-11-6-5-10-26(27)30-29(31)20-33-25-15-14-23-8-3-4-9-24(23)19-25/h3-6,8-15,18-19H,7,16-17,20H2,1-2H3. The summed E-state index contributed by atoms with van der Waals surface area (Å²) in [4.78, 5) is 4.85. The van der Waals surface area contributed by atoms with E-state index in [9.17, 15) is 0 Å². The summed E-state index contributed by atoms with van der Waals surface area (Å²) in [5.41, 5.74) is 4.49. The fourth-order valence-electron chi connectivity index (χ4n) is 4.16. The molecule has 0 aliphatic carbocycles. The number of rotatable bonds is 8. The van der Waals surface area contributed by atoms with E-state index in [1.165, 1.54) is 16.3 Å². The molecule has 0 unspecified atom stereocenters. The molecule has 0 radical (unpaired) electrons. The molecule has 1 heterocycles. The number of benzene rings is 4. The molecule has 0 amide bonds. The molecule has 0 aliphatic heterocycles. The summed E-state index contributed by atoms with van der Waals surface area (Å²) in [7, 11) is 0. The van der Waals surface area contributed by atoms with Crippen LogP contribution in [0, 0.1) is 13.8 Å². The van der Waals surface area contributed by atoms with Gasteiger partial charge in [-0.15, -0.1) is 0 Å². The molecule has 0 spiro atoms. The molecular formula is C29H28N2O2. The van der Waals surface area contributed by atoms with Gasteiger partial charge < -0.3 is 14.0 Å². The summed E-state index contributed by atoms with van der Waals surface area (Å²) in [6.45, 7) is 6.07. The van der Waals surface area contributed by atoms with Crippen LogP contribution in [0.1, 0.15) is 23.4 Å². The molecule has 0 N–H and O–H groups in total. The first-order chi connectivity index (χ1) is 16.2. The summed E-state index contributed by atoms with van der Waals surface area (Å²) in [5, 5.41) is 2.38. The van der Waals surface area contributed by atoms with E-state index in [-0.39, 0.29) is 0 Å². The van der Waals surface area contributed by atoms with Crippen LogP contribution in [-0.4, -0.2) is 16.2 Å². The Labute approximate surface area is 194 Å². The zero-order valence-corrected chi connectivity index (χ0v) is 19.1. The van der Waals surface area contributed by atoms with Crippen LogP contribution in [0.5, 0.6) is 11.5 Å². The van der Waals surface area contributed by atoms with Gasteiger partial charge in [0.1, 0.15) is 23.9 Å². The van der Waals surface area contributed by atoms with E-state index in [4.69, 9.17) is 14.5 Å². The van der Waals surface area contributed by atoms with Gasteiger partial charge in [-0.3, -0.25) is 0 Å². The first-order valence-electron chi connectivity index (χ1n) is 11.4. The van der Waals surface area contributed by atoms with Crippen LogP contribution in [0.15, 0.2) is 84.9 Å². The highest BCUT2D eigenvalue weighted by Crippen LogP contribution is 2.23. The van der Waals surface area contributed by atoms with E-state index in [1.807, 2.05) is 18.2 Å². The normalized spacial score (nSPS) is 11.2. The summed E-state index contributed by atoms with van der Waals surface area (Å²) in [6, 6.07) is 29.1. The number of aromatic nitrogens is 2. The molecule has 0 bridgehead atoms. The van der Waals surface area contributed by atoms with Gasteiger partial charge in [0.25, 0.3) is 0 Å². The molecule has 4 aromatic carbocycles. The Balaban J connectivity index is 1.29. The third-order valence-electron chi connectivity index (χ3n) is 5.95. The van der Waals surface area contributed by atoms with Gasteiger partial charge in [0.15, 0.2) is 0 Å². The van der Waals surface area contributed by atoms with Gasteiger partial charge in [-0.05, 0) is 72.5 Å². The number of ether oxygens (including phenoxy) is 2. The van der Waals surface area contributed by atoms with E-state index in [0.29, 0.717) is 13.2 Å². The summed E-state index contributed by atoms with van der Waals surface area (Å²) in [5.74, 6) is 2.74. The van der Waals surface area contributed by atoms with E-state index in [2.05, 4.69) is 85.1 Å². The second-order valence-electron chi connectivity index (χ2n) is 8.44. The second-order valence-corrected chi connectivity index (χ2v) is 8.44. The van der Waals surface area contributed by atoms with Crippen LogP contribution in [0.4, 0.5) is 0 Å². The van der Waals surface area contributed by atoms with Crippen LogP contribution >= 0.6 is 0 Å². The zero-order valence-electron chi connectivity index (χ0n) is 19.1. The molecule has 0 fully saturated rings. The fraction of sp³-hybridized carbons (Fsp3) is 0.207. The quantitative estimate of drug-likeness (QED) is 0.249. The Morgan fingerprint density at radius 3 is 2.52 bits per heavy atom. The number of hydrogen-bond acceptors (Lipinski definition) is 3. The molecule has 1 aromatic heterocycles. The van der Waals surface area contributed by atoms with Crippen molar-refractivity contribution in [1.29, 1.82) is 0 Å². The van der Waals surface area contributed by atoms with Crippen molar-refractivity contribution in [2.45, 2.75) is 33.4 Å². The van der Waals surface area contributed by atoms with Crippen LogP contribution in [0.2, 0.25) is 0 Å². The summed E-state index contributed by atoms with van der Waals surface area (Å²) < 4.78 is 14.5. The van der Waals surface area contributed by atoms with Crippen LogP contribution in [-0.2, 0) is 13.2 Å². The largest absolute Gasteiger partial charge is 0.493 e. The highest BCUT2D eigenvalue weighted by atomic mass is 16.5. The Morgan fingerprint density at radius 1 is 0.788 bits per heavy atom. The number of hydrogen-bond donors (Lipinski definition) is 0. The maximum atomic E-state index is 6.16. The molecule has 4 heteroatoms. The fourth-order valence-corrected chi connectivity index (χ4v) is 4.16. The van der Waals surface area contributed by atoms with Crippen molar-refractivity contribution in [3.05, 3.63) is 102 Å². The van der Waals surface area contributed by atoms with Gasteiger partial charge in [0, 0.05) is 6.54 Å². The molecular weight excluding hydrogens is 408 g/mol. The van der Waals surface area contributed by atoms with Crippen LogP contribution < -0.4 is 9.47 Å². The number of nitrogens with zero attached hydrogens (tertiary/aromatic N) is 2. The Hall–Kier alpha value is -3.79. The third kappa shape index (κ3) is 4.70. The molecule has 0 atom stereocenters. The highest BCUT2D eigenvalue weighted by molar-refractivity contribution is 5.83. The lowest BCUT2D eigenvalue weighted by Crippen LogP contribution is -2.10. The molecule has 0 saturated heterocycles. The van der Waals surface area contributed by atoms with Gasteiger partial charge in [0.2, 0.25) is 0 Å². The first kappa shape index (κ1) is 21.1. The molecule has 0 saturated carbocycles. The van der Waals surface area contributed by atoms with Crippen molar-refractivity contribution in [2.75, 3.05) is 6.61 Å². The molecule has 0 aliphatic rings. The van der Waals surface area contributed by atoms with Crippen molar-refractivity contribution in [3.8, 4) is 11.5 Å². The topological polar surface area (TPSA) is 36.3 Å². The lowest BCUT2D eigenvalue weighted by Gasteiger charge is -2.13. The zero-order chi connectivity index (χ0) is 22.6. The Morgan fingerprint density at radius 2 is 1.61 bits per heavy atom. The minimum absolute atomic E-state index is 0.421. The minimum atomic E-state index is 0.421. The van der Waals surface area contributed by atoms with Crippen molar-refractivity contribution < 1.29 is 9.47 Å². The van der Waals surface area contributed by atoms with Gasteiger partial charge in [-0.2, -0.15) is 0 Å². The maximum absolute atomic E-state index is 6.16. The summed E-state index contributed by atoms with van der Waals surface area (Å²) >= 11 is 0. The Bertz CT molecular complexity index is 1400. The van der Waals surface area contributed by atoms with E-state index in [1.54, 1.807) is 0 Å². The van der Waals surface area contributed by atoms with Crippen LogP contribution in [0.25, 0.3) is 21.8 Å². The van der Waals surface area contributed by atoms with Gasteiger partial charge in [-0.1, -0.05) is 54.6 Å². The smallest absolute Gasteiger partial charge is 0.147 e. The lowest BCUT2D eigenvalue weighted by atomic mass is 10.1. The van der Waals surface area contributed by atoms with Crippen LogP contribution in [0.3, 0.4) is 0 Å². The van der Waals surface area contributed by atoms with Gasteiger partial charge >= 0.3 is 0 Å². The number of para-hydroxylation sites is 2. The molecule has 5 rings (SSSR count). The minimum Gasteiger partial charge on any atom is -0.493 e. The lowest BCUT2D eigenvalue weighted by molar-refractivity contribution is 0.280. The second kappa shape index (κ2) is 9.37. The van der Waals surface area contributed by atoms with Crippen molar-refractivity contribution in [1.82, 2.24) is 9.55 Å². The number of fused-ring (bicyclic) bond motifs is 2. The van der Waals surface area contributed by atoms with E-state index in [0.717, 1.165) is 46.9 Å². The molecule has 5 aromatic rings. The molecule has 166 valence electrons. The van der Waals surface area contributed by atoms with Gasteiger partial charge in [-0.25, -0.2) is 4.98 Å².